The van der Waals surface area contributed by atoms with Crippen molar-refractivity contribution in [3.63, 3.8) is 0 Å². The van der Waals surface area contributed by atoms with Gasteiger partial charge in [-0.3, -0.25) is 19.4 Å². The minimum absolute atomic E-state index is 0.218. The van der Waals surface area contributed by atoms with Gasteiger partial charge in [0.25, 0.3) is 11.8 Å². The van der Waals surface area contributed by atoms with E-state index in [4.69, 9.17) is 0 Å². The second-order valence-electron chi connectivity index (χ2n) is 4.20. The Morgan fingerprint density at radius 1 is 1.00 bits per heavy atom. The Labute approximate surface area is 119 Å². The maximum Gasteiger partial charge on any atom is 0.365 e. The van der Waals surface area contributed by atoms with E-state index in [1.807, 2.05) is 0 Å². The van der Waals surface area contributed by atoms with Gasteiger partial charge in [0, 0.05) is 14.1 Å². The number of imide groups is 2. The van der Waals surface area contributed by atoms with Crippen molar-refractivity contribution < 1.29 is 24.0 Å². The molecular weight excluding hydrogens is 278 g/mol. The van der Waals surface area contributed by atoms with E-state index in [9.17, 15) is 19.2 Å². The van der Waals surface area contributed by atoms with Crippen molar-refractivity contribution in [2.24, 2.45) is 5.16 Å². The van der Waals surface area contributed by atoms with Crippen LogP contribution in [0.4, 0.5) is 4.79 Å². The van der Waals surface area contributed by atoms with E-state index in [1.54, 1.807) is 18.2 Å². The maximum atomic E-state index is 11.8. The minimum Gasteiger partial charge on any atom is -0.312 e. The van der Waals surface area contributed by atoms with Crippen LogP contribution in [0.3, 0.4) is 0 Å². The third kappa shape index (κ3) is 2.64. The zero-order chi connectivity index (χ0) is 15.6. The fraction of sp³-hybridized carbons (Fsp3) is 0.154. The van der Waals surface area contributed by atoms with Gasteiger partial charge in [-0.1, -0.05) is 23.4 Å². The van der Waals surface area contributed by atoms with Crippen LogP contribution >= 0.6 is 0 Å². The van der Waals surface area contributed by atoms with Gasteiger partial charge in [-0.25, -0.2) is 9.59 Å². The Balaban J connectivity index is 2.20. The highest BCUT2D eigenvalue weighted by Gasteiger charge is 2.40. The lowest BCUT2D eigenvalue weighted by Crippen LogP contribution is -2.57. The van der Waals surface area contributed by atoms with E-state index in [1.165, 1.54) is 26.2 Å². The molecule has 21 heavy (non-hydrogen) atoms. The molecule has 4 amide bonds. The lowest BCUT2D eigenvalue weighted by molar-refractivity contribution is -0.129. The summed E-state index contributed by atoms with van der Waals surface area (Å²) < 4.78 is 0. The average molecular weight is 289 g/mol. The lowest BCUT2D eigenvalue weighted by atomic mass is 10.2. The molecule has 1 aromatic carbocycles. The van der Waals surface area contributed by atoms with Crippen LogP contribution < -0.4 is 0 Å². The number of hydrogen-bond acceptors (Lipinski definition) is 6. The molecule has 108 valence electrons. The molecule has 0 atom stereocenters. The molecule has 0 spiro atoms. The molecule has 0 unspecified atom stereocenters. The zero-order valence-electron chi connectivity index (χ0n) is 11.3. The number of carbonyl (C=O) groups excluding carboxylic acids is 4. The predicted octanol–water partition coefficient (Wildman–Crippen LogP) is 0.250. The number of amides is 4. The van der Waals surface area contributed by atoms with E-state index in [0.29, 0.717) is 9.80 Å². The smallest absolute Gasteiger partial charge is 0.312 e. The van der Waals surface area contributed by atoms with Gasteiger partial charge in [-0.2, -0.15) is 0 Å². The van der Waals surface area contributed by atoms with Crippen LogP contribution in [0.25, 0.3) is 0 Å². The highest BCUT2D eigenvalue weighted by molar-refractivity contribution is 6.68. The van der Waals surface area contributed by atoms with Crippen LogP contribution in [0.15, 0.2) is 35.5 Å². The van der Waals surface area contributed by atoms with Gasteiger partial charge in [-0.15, -0.1) is 0 Å². The van der Waals surface area contributed by atoms with Crippen molar-refractivity contribution in [3.05, 3.63) is 35.9 Å². The summed E-state index contributed by atoms with van der Waals surface area (Å²) in [6.07, 6.45) is 0. The quantitative estimate of drug-likeness (QED) is 0.574. The van der Waals surface area contributed by atoms with Gasteiger partial charge in [0.15, 0.2) is 0 Å². The van der Waals surface area contributed by atoms with Crippen LogP contribution in [0.5, 0.6) is 0 Å². The monoisotopic (exact) mass is 289 g/mol. The highest BCUT2D eigenvalue weighted by Crippen LogP contribution is 2.08. The van der Waals surface area contributed by atoms with Crippen molar-refractivity contribution in [2.45, 2.75) is 0 Å². The van der Waals surface area contributed by atoms with Gasteiger partial charge in [0.1, 0.15) is 0 Å². The normalized spacial score (nSPS) is 15.3. The molecule has 0 bridgehead atoms. The molecule has 8 nitrogen and oxygen atoms in total. The zero-order valence-corrected chi connectivity index (χ0v) is 11.3. The van der Waals surface area contributed by atoms with Gasteiger partial charge >= 0.3 is 12.0 Å². The molecular formula is C13H11N3O5. The number of urea groups is 1. The Morgan fingerprint density at radius 3 is 2.05 bits per heavy atom. The van der Waals surface area contributed by atoms with E-state index in [-0.39, 0.29) is 5.56 Å². The number of hydrogen-bond donors (Lipinski definition) is 0. The van der Waals surface area contributed by atoms with Crippen molar-refractivity contribution in [1.29, 1.82) is 0 Å². The van der Waals surface area contributed by atoms with Gasteiger partial charge in [-0.05, 0) is 12.1 Å². The molecule has 1 saturated heterocycles. The summed E-state index contributed by atoms with van der Waals surface area (Å²) in [5.41, 5.74) is -0.417. The van der Waals surface area contributed by atoms with Crippen LogP contribution in [0.1, 0.15) is 10.4 Å². The molecule has 1 aliphatic rings. The van der Waals surface area contributed by atoms with E-state index < -0.39 is 29.5 Å². The summed E-state index contributed by atoms with van der Waals surface area (Å²) in [6, 6.07) is 7.18. The van der Waals surface area contributed by atoms with Crippen LogP contribution in [-0.2, 0) is 14.4 Å². The Bertz CT molecular complexity index is 627. The van der Waals surface area contributed by atoms with Crippen LogP contribution in [0.2, 0.25) is 0 Å². The molecule has 1 heterocycles. The topological polar surface area (TPSA) is 96.3 Å². The average Bonchev–Trinajstić information content (AvgIpc) is 2.51. The second-order valence-corrected chi connectivity index (χ2v) is 4.20. The third-order valence-corrected chi connectivity index (χ3v) is 2.82. The SMILES string of the molecule is CN1C(=O)C(=NOC(=O)c2ccccc2)C(=O)N(C)C1=O. The summed E-state index contributed by atoms with van der Waals surface area (Å²) in [6.45, 7) is 0. The van der Waals surface area contributed by atoms with E-state index in [2.05, 4.69) is 9.99 Å². The fourth-order valence-corrected chi connectivity index (χ4v) is 1.60. The van der Waals surface area contributed by atoms with E-state index in [0.717, 1.165) is 0 Å². The van der Waals surface area contributed by atoms with Crippen LogP contribution in [0, 0.1) is 0 Å². The summed E-state index contributed by atoms with van der Waals surface area (Å²) >= 11 is 0. The van der Waals surface area contributed by atoms with Crippen LogP contribution in [-0.4, -0.2) is 53.4 Å². The number of nitrogens with zero attached hydrogens (tertiary/aromatic N) is 3. The van der Waals surface area contributed by atoms with Gasteiger partial charge in [0.05, 0.1) is 5.56 Å². The standard InChI is InChI=1S/C13H11N3O5/c1-15-10(17)9(11(18)16(2)13(15)20)14-21-12(19)8-6-4-3-5-7-8/h3-7H,1-2H3. The number of carbonyl (C=O) groups is 4. The fourth-order valence-electron chi connectivity index (χ4n) is 1.60. The lowest BCUT2D eigenvalue weighted by Gasteiger charge is -2.27. The summed E-state index contributed by atoms with van der Waals surface area (Å²) in [4.78, 5) is 52.7. The van der Waals surface area contributed by atoms with Crippen molar-refractivity contribution in [3.8, 4) is 0 Å². The molecule has 0 saturated carbocycles. The maximum absolute atomic E-state index is 11.8. The number of oxime groups is 1. The number of benzene rings is 1. The van der Waals surface area contributed by atoms with Gasteiger partial charge < -0.3 is 4.84 Å². The summed E-state index contributed by atoms with van der Waals surface area (Å²) in [7, 11) is 2.39. The molecule has 1 fully saturated rings. The second kappa shape index (κ2) is 5.53. The largest absolute Gasteiger partial charge is 0.365 e. The molecule has 0 aromatic heterocycles. The molecule has 0 radical (unpaired) electrons. The Morgan fingerprint density at radius 2 is 1.52 bits per heavy atom. The Kier molecular flexibility index (Phi) is 3.79. The van der Waals surface area contributed by atoms with Crippen molar-refractivity contribution >= 4 is 29.5 Å². The molecule has 2 rings (SSSR count). The first-order chi connectivity index (χ1) is 9.93. The predicted molar refractivity (Wildman–Crippen MR) is 70.2 cm³/mol. The summed E-state index contributed by atoms with van der Waals surface area (Å²) in [5.74, 6) is -2.67. The molecule has 0 aliphatic carbocycles. The van der Waals surface area contributed by atoms with Crippen molar-refractivity contribution in [1.82, 2.24) is 9.80 Å². The molecule has 8 heteroatoms. The number of barbiturate groups is 1. The molecule has 1 aromatic rings. The third-order valence-electron chi connectivity index (χ3n) is 2.82. The van der Waals surface area contributed by atoms with E-state index >= 15 is 0 Å². The van der Waals surface area contributed by atoms with Gasteiger partial charge in [0.2, 0.25) is 5.71 Å². The minimum atomic E-state index is -0.927. The first-order valence-electron chi connectivity index (χ1n) is 5.88. The first kappa shape index (κ1) is 14.4. The summed E-state index contributed by atoms with van der Waals surface area (Å²) in [5, 5.41) is 3.29. The highest BCUT2D eigenvalue weighted by atomic mass is 16.7. The molecule has 0 N–H and O–H groups in total. The Hall–Kier alpha value is -3.03. The first-order valence-corrected chi connectivity index (χ1v) is 5.88. The van der Waals surface area contributed by atoms with Crippen molar-refractivity contribution in [2.75, 3.05) is 14.1 Å². The number of rotatable bonds is 2. The molecule has 1 aliphatic heterocycles.